The van der Waals surface area contributed by atoms with Crippen molar-refractivity contribution in [1.29, 1.82) is 0 Å². The second-order valence-corrected chi connectivity index (χ2v) is 9.97. The van der Waals surface area contributed by atoms with Gasteiger partial charge in [-0.25, -0.2) is 4.79 Å². The molecule has 5 rings (SSSR count). The summed E-state index contributed by atoms with van der Waals surface area (Å²) in [6.45, 7) is 0. The molecule has 0 radical (unpaired) electrons. The second kappa shape index (κ2) is 10.0. The third-order valence-corrected chi connectivity index (χ3v) is 8.22. The number of thioether (sulfide) groups is 2. The van der Waals surface area contributed by atoms with Crippen LogP contribution in [0, 0.1) is 0 Å². The number of hydrogen-bond donors (Lipinski definition) is 1. The fourth-order valence-corrected chi connectivity index (χ4v) is 6.37. The fraction of sp³-hybridized carbons (Fsp3) is 0.200. The molecule has 9 heteroatoms. The summed E-state index contributed by atoms with van der Waals surface area (Å²) in [4.78, 5) is 37.0. The minimum Gasteiger partial charge on any atom is -0.448 e. The van der Waals surface area contributed by atoms with Gasteiger partial charge >= 0.3 is 5.97 Å². The molecule has 0 saturated carbocycles. The second-order valence-electron chi connectivity index (χ2n) is 7.80. The molecule has 1 saturated heterocycles. The van der Waals surface area contributed by atoms with Crippen LogP contribution in [0.5, 0.6) is 0 Å². The van der Waals surface area contributed by atoms with Gasteiger partial charge in [-0.15, -0.1) is 23.5 Å². The molecular weight excluding hydrogens is 468 g/mol. The van der Waals surface area contributed by atoms with E-state index in [0.29, 0.717) is 11.5 Å². The molecule has 34 heavy (non-hydrogen) atoms. The van der Waals surface area contributed by atoms with E-state index in [1.165, 1.54) is 16.7 Å². The third-order valence-electron chi connectivity index (χ3n) is 5.61. The highest BCUT2D eigenvalue weighted by Crippen LogP contribution is 2.44. The Hall–Kier alpha value is -3.14. The normalized spacial score (nSPS) is 19.6. The number of ether oxygens (including phenoxy) is 1. The Morgan fingerprint density at radius 1 is 1.12 bits per heavy atom. The Morgan fingerprint density at radius 2 is 1.79 bits per heavy atom. The summed E-state index contributed by atoms with van der Waals surface area (Å²) in [5.74, 6) is 0.293. The summed E-state index contributed by atoms with van der Waals surface area (Å²) in [6, 6.07) is 18.6. The number of esters is 1. The summed E-state index contributed by atoms with van der Waals surface area (Å²) >= 11 is 3.03. The molecule has 2 N–H and O–H groups in total. The van der Waals surface area contributed by atoms with Gasteiger partial charge in [0.15, 0.2) is 6.10 Å². The van der Waals surface area contributed by atoms with Crippen molar-refractivity contribution in [2.45, 2.75) is 23.3 Å². The van der Waals surface area contributed by atoms with Crippen LogP contribution in [0.3, 0.4) is 0 Å². The van der Waals surface area contributed by atoms with Crippen LogP contribution in [0.25, 0.3) is 0 Å². The molecule has 0 aliphatic carbocycles. The van der Waals surface area contributed by atoms with Gasteiger partial charge in [0.1, 0.15) is 17.1 Å². The highest BCUT2D eigenvalue weighted by atomic mass is 32.2. The molecule has 1 fully saturated rings. The van der Waals surface area contributed by atoms with Crippen LogP contribution >= 0.6 is 23.5 Å². The molecule has 0 spiro atoms. The van der Waals surface area contributed by atoms with Crippen LogP contribution < -0.4 is 5.73 Å². The molecule has 2 aromatic carbocycles. The van der Waals surface area contributed by atoms with Crippen LogP contribution in [0.2, 0.25) is 0 Å². The number of amides is 1. The first-order valence-electron chi connectivity index (χ1n) is 10.8. The van der Waals surface area contributed by atoms with Gasteiger partial charge in [-0.1, -0.05) is 60.7 Å². The van der Waals surface area contributed by atoms with E-state index >= 15 is 0 Å². The number of rotatable bonds is 7. The molecular formula is C25H22N4O3S2. The fourth-order valence-electron chi connectivity index (χ4n) is 3.90. The first-order valence-corrected chi connectivity index (χ1v) is 12.8. The summed E-state index contributed by atoms with van der Waals surface area (Å²) in [7, 11) is 0. The van der Waals surface area contributed by atoms with E-state index in [1.807, 2.05) is 60.7 Å². The van der Waals surface area contributed by atoms with Crippen LogP contribution in [0.1, 0.15) is 22.9 Å². The minimum absolute atomic E-state index is 0.261. The topological polar surface area (TPSA) is 98.4 Å². The number of hydrogen-bond acceptors (Lipinski definition) is 8. The Morgan fingerprint density at radius 3 is 2.41 bits per heavy atom. The summed E-state index contributed by atoms with van der Waals surface area (Å²) in [5, 5.41) is -0.261. The molecule has 7 nitrogen and oxygen atoms in total. The van der Waals surface area contributed by atoms with Gasteiger partial charge in [-0.3, -0.25) is 19.7 Å². The molecule has 172 valence electrons. The number of β-lactam (4-membered cyclic amide) rings is 1. The van der Waals surface area contributed by atoms with Crippen molar-refractivity contribution in [1.82, 2.24) is 14.9 Å². The maximum Gasteiger partial charge on any atom is 0.356 e. The molecule has 3 heterocycles. The van der Waals surface area contributed by atoms with Gasteiger partial charge < -0.3 is 10.5 Å². The number of aromatic nitrogens is 2. The van der Waals surface area contributed by atoms with Crippen LogP contribution in [0.15, 0.2) is 89.9 Å². The first-order chi connectivity index (χ1) is 16.6. The van der Waals surface area contributed by atoms with Crippen molar-refractivity contribution in [2.75, 3.05) is 5.75 Å². The average molecular weight is 491 g/mol. The number of carbonyl (C=O) groups excluding carboxylic acids is 2. The number of nitrogens with two attached hydrogens (primary N) is 1. The third kappa shape index (κ3) is 4.46. The maximum atomic E-state index is 13.7. The first kappa shape index (κ1) is 22.6. The van der Waals surface area contributed by atoms with Crippen molar-refractivity contribution in [3.05, 3.63) is 107 Å². The largest absolute Gasteiger partial charge is 0.448 e. The molecule has 3 aromatic rings. The van der Waals surface area contributed by atoms with Gasteiger partial charge in [0, 0.05) is 35.0 Å². The van der Waals surface area contributed by atoms with Crippen molar-refractivity contribution in [3.8, 4) is 0 Å². The van der Waals surface area contributed by atoms with Gasteiger partial charge in [0.05, 0.1) is 5.69 Å². The van der Waals surface area contributed by atoms with Crippen molar-refractivity contribution < 1.29 is 14.3 Å². The van der Waals surface area contributed by atoms with E-state index in [1.54, 1.807) is 30.4 Å². The van der Waals surface area contributed by atoms with Crippen LogP contribution in [0.4, 0.5) is 0 Å². The van der Waals surface area contributed by atoms with E-state index in [9.17, 15) is 9.59 Å². The molecule has 2 aliphatic heterocycles. The molecule has 1 aromatic heterocycles. The lowest BCUT2D eigenvalue weighted by Crippen LogP contribution is -2.68. The van der Waals surface area contributed by atoms with E-state index in [-0.39, 0.29) is 17.0 Å². The van der Waals surface area contributed by atoms with E-state index in [2.05, 4.69) is 9.97 Å². The predicted octanol–water partition coefficient (Wildman–Crippen LogP) is 3.50. The molecule has 2 aliphatic rings. The molecule has 0 bridgehead atoms. The number of benzene rings is 2. The Balaban J connectivity index is 1.47. The predicted molar refractivity (Wildman–Crippen MR) is 132 cm³/mol. The standard InChI is InChI=1S/C25H22N4O3S2/c26-20-23(30)29-21(19(15-34-24(20)29)33-14-18-13-27-11-12-28-18)25(31)32-22(16-7-3-1-4-8-16)17-9-5-2-6-10-17/h1-13,20,22,24H,14-15,26H2/t20-,24-/m1/s1. The lowest BCUT2D eigenvalue weighted by atomic mass is 10.0. The monoisotopic (exact) mass is 490 g/mol. The number of fused-ring (bicyclic) bond motifs is 1. The Kier molecular flexibility index (Phi) is 6.66. The van der Waals surface area contributed by atoms with E-state index < -0.39 is 18.1 Å². The van der Waals surface area contributed by atoms with Gasteiger partial charge in [-0.2, -0.15) is 0 Å². The lowest BCUT2D eigenvalue weighted by Gasteiger charge is -2.48. The highest BCUT2D eigenvalue weighted by Gasteiger charge is 2.52. The maximum absolute atomic E-state index is 13.7. The zero-order chi connectivity index (χ0) is 23.5. The Labute approximate surface area is 205 Å². The lowest BCUT2D eigenvalue weighted by molar-refractivity contribution is -0.152. The van der Waals surface area contributed by atoms with Crippen LogP contribution in [-0.4, -0.2) is 43.9 Å². The zero-order valence-corrected chi connectivity index (χ0v) is 19.7. The molecule has 0 unspecified atom stereocenters. The summed E-state index contributed by atoms with van der Waals surface area (Å²) in [5.41, 5.74) is 8.79. The molecule has 2 atom stereocenters. The summed E-state index contributed by atoms with van der Waals surface area (Å²) < 4.78 is 6.10. The van der Waals surface area contributed by atoms with Gasteiger partial charge in [0.2, 0.25) is 5.91 Å². The number of nitrogens with zero attached hydrogens (tertiary/aromatic N) is 3. The van der Waals surface area contributed by atoms with Crippen LogP contribution in [-0.2, 0) is 20.1 Å². The minimum atomic E-state index is -0.613. The summed E-state index contributed by atoms with van der Waals surface area (Å²) in [6.07, 6.45) is 4.33. The Bertz CT molecular complexity index is 1170. The van der Waals surface area contributed by atoms with Gasteiger partial charge in [-0.05, 0) is 11.1 Å². The van der Waals surface area contributed by atoms with Gasteiger partial charge in [0.25, 0.3) is 0 Å². The molecule has 1 amide bonds. The number of carbonyl (C=O) groups is 2. The van der Waals surface area contributed by atoms with E-state index in [0.717, 1.165) is 21.7 Å². The highest BCUT2D eigenvalue weighted by molar-refractivity contribution is 8.05. The van der Waals surface area contributed by atoms with Crippen molar-refractivity contribution in [3.63, 3.8) is 0 Å². The smallest absolute Gasteiger partial charge is 0.356 e. The average Bonchev–Trinajstić information content (AvgIpc) is 2.91. The van der Waals surface area contributed by atoms with E-state index in [4.69, 9.17) is 10.5 Å². The zero-order valence-electron chi connectivity index (χ0n) is 18.1. The quantitative estimate of drug-likeness (QED) is 0.397. The SMILES string of the molecule is N[C@@H]1C(=O)N2C(C(=O)OC(c3ccccc3)c3ccccc3)=C(SCc3cnccn3)CS[C@H]12. The van der Waals surface area contributed by atoms with Crippen molar-refractivity contribution in [2.24, 2.45) is 5.73 Å². The van der Waals surface area contributed by atoms with Crippen molar-refractivity contribution >= 4 is 35.4 Å².